The molecule has 0 bridgehead atoms. The Morgan fingerprint density at radius 1 is 1.07 bits per heavy atom. The summed E-state index contributed by atoms with van der Waals surface area (Å²) >= 11 is 1.44. The van der Waals surface area contributed by atoms with Gasteiger partial charge in [-0.05, 0) is 49.9 Å². The van der Waals surface area contributed by atoms with Crippen molar-refractivity contribution in [1.29, 1.82) is 0 Å². The average Bonchev–Trinajstić information content (AvgIpc) is 3.17. The summed E-state index contributed by atoms with van der Waals surface area (Å²) in [5.41, 5.74) is 5.76. The number of nitrogens with zero attached hydrogens (tertiary/aromatic N) is 4. The summed E-state index contributed by atoms with van der Waals surface area (Å²) in [6, 6.07) is 14.7. The van der Waals surface area contributed by atoms with Crippen LogP contribution in [0.2, 0.25) is 0 Å². The average molecular weight is 409 g/mol. The van der Waals surface area contributed by atoms with Gasteiger partial charge in [0.2, 0.25) is 5.91 Å². The van der Waals surface area contributed by atoms with Crippen molar-refractivity contribution in [2.45, 2.75) is 45.8 Å². The summed E-state index contributed by atoms with van der Waals surface area (Å²) < 4.78 is 1.96. The van der Waals surface area contributed by atoms with Crippen molar-refractivity contribution in [3.05, 3.63) is 71.0 Å². The lowest BCUT2D eigenvalue weighted by Gasteiger charge is -2.22. The number of thioether (sulfide) groups is 1. The third-order valence-electron chi connectivity index (χ3n) is 4.81. The second-order valence-electron chi connectivity index (χ2n) is 7.36. The molecule has 5 nitrogen and oxygen atoms in total. The lowest BCUT2D eigenvalue weighted by atomic mass is 10.1. The molecule has 0 spiro atoms. The number of aryl methyl sites for hydroxylation is 3. The topological polar surface area (TPSA) is 51.0 Å². The molecule has 3 rings (SSSR count). The van der Waals surface area contributed by atoms with Gasteiger partial charge in [0.05, 0.1) is 11.4 Å². The Kier molecular flexibility index (Phi) is 7.09. The predicted octanol–water partition coefficient (Wildman–Crippen LogP) is 4.72. The van der Waals surface area contributed by atoms with Gasteiger partial charge < -0.3 is 4.90 Å². The van der Waals surface area contributed by atoms with E-state index in [0.29, 0.717) is 12.3 Å². The first-order valence-corrected chi connectivity index (χ1v) is 10.9. The van der Waals surface area contributed by atoms with Crippen molar-refractivity contribution in [2.75, 3.05) is 12.3 Å². The fraction of sp³-hybridized carbons (Fsp3) is 0.348. The molecule has 0 radical (unpaired) electrons. The molecule has 0 unspecified atom stereocenters. The summed E-state index contributed by atoms with van der Waals surface area (Å²) in [4.78, 5) is 14.8. The van der Waals surface area contributed by atoms with E-state index in [4.69, 9.17) is 0 Å². The number of amides is 1. The molecule has 1 aromatic heterocycles. The van der Waals surface area contributed by atoms with Crippen LogP contribution in [0.5, 0.6) is 0 Å². The van der Waals surface area contributed by atoms with Crippen LogP contribution in [-0.2, 0) is 11.3 Å². The third-order valence-corrected chi connectivity index (χ3v) is 5.73. The standard InChI is InChI=1S/C23H28N4OS/c1-5-12-26(14-20-10-7-17(2)8-11-20)22(28)15-29-23-25-24-16-27(23)21-13-18(3)6-9-19(21)4/h6-11,13,16H,5,12,14-15H2,1-4H3. The van der Waals surface area contributed by atoms with Gasteiger partial charge in [-0.3, -0.25) is 9.36 Å². The number of carbonyl (C=O) groups excluding carboxylic acids is 1. The van der Waals surface area contributed by atoms with Crippen molar-refractivity contribution >= 4 is 17.7 Å². The smallest absolute Gasteiger partial charge is 0.233 e. The van der Waals surface area contributed by atoms with Crippen LogP contribution in [0.4, 0.5) is 0 Å². The highest BCUT2D eigenvalue weighted by Crippen LogP contribution is 2.23. The van der Waals surface area contributed by atoms with E-state index >= 15 is 0 Å². The van der Waals surface area contributed by atoms with Crippen molar-refractivity contribution in [2.24, 2.45) is 0 Å². The Labute approximate surface area is 177 Å². The van der Waals surface area contributed by atoms with Crippen molar-refractivity contribution in [1.82, 2.24) is 19.7 Å². The van der Waals surface area contributed by atoms with E-state index in [1.165, 1.54) is 22.9 Å². The molecule has 0 atom stereocenters. The van der Waals surface area contributed by atoms with E-state index in [0.717, 1.165) is 34.9 Å². The molecule has 0 fully saturated rings. The van der Waals surface area contributed by atoms with Crippen molar-refractivity contribution < 1.29 is 4.79 Å². The third kappa shape index (κ3) is 5.48. The van der Waals surface area contributed by atoms with Crippen LogP contribution < -0.4 is 0 Å². The molecule has 3 aromatic rings. The molecule has 0 N–H and O–H groups in total. The number of carbonyl (C=O) groups is 1. The number of hydrogen-bond acceptors (Lipinski definition) is 4. The van der Waals surface area contributed by atoms with Gasteiger partial charge in [0.25, 0.3) is 0 Å². The molecule has 0 aliphatic rings. The first-order valence-electron chi connectivity index (χ1n) is 9.91. The number of rotatable bonds is 8. The molecule has 0 aliphatic carbocycles. The summed E-state index contributed by atoms with van der Waals surface area (Å²) in [6.45, 7) is 9.69. The normalized spacial score (nSPS) is 10.9. The largest absolute Gasteiger partial charge is 0.338 e. The van der Waals surface area contributed by atoms with Crippen molar-refractivity contribution in [3.63, 3.8) is 0 Å². The molecule has 0 saturated heterocycles. The Morgan fingerprint density at radius 2 is 1.79 bits per heavy atom. The lowest BCUT2D eigenvalue weighted by Crippen LogP contribution is -2.32. The zero-order valence-electron chi connectivity index (χ0n) is 17.6. The Bertz CT molecular complexity index is 965. The van der Waals surface area contributed by atoms with E-state index in [-0.39, 0.29) is 5.91 Å². The van der Waals surface area contributed by atoms with Gasteiger partial charge in [0, 0.05) is 13.1 Å². The maximum absolute atomic E-state index is 12.9. The Morgan fingerprint density at radius 3 is 2.52 bits per heavy atom. The van der Waals surface area contributed by atoms with Gasteiger partial charge >= 0.3 is 0 Å². The van der Waals surface area contributed by atoms with Gasteiger partial charge in [-0.15, -0.1) is 10.2 Å². The molecule has 29 heavy (non-hydrogen) atoms. The van der Waals surface area contributed by atoms with E-state index in [1.54, 1.807) is 6.33 Å². The highest BCUT2D eigenvalue weighted by molar-refractivity contribution is 7.99. The van der Waals surface area contributed by atoms with E-state index in [2.05, 4.69) is 80.4 Å². The molecule has 1 amide bonds. The summed E-state index contributed by atoms with van der Waals surface area (Å²) in [5, 5.41) is 9.05. The van der Waals surface area contributed by atoms with Crippen LogP contribution in [0.3, 0.4) is 0 Å². The first-order chi connectivity index (χ1) is 14.0. The maximum Gasteiger partial charge on any atom is 0.233 e. The second kappa shape index (κ2) is 9.74. The molecular formula is C23H28N4OS. The van der Waals surface area contributed by atoms with Gasteiger partial charge in [-0.2, -0.15) is 0 Å². The summed E-state index contributed by atoms with van der Waals surface area (Å²) in [7, 11) is 0. The number of aromatic nitrogens is 3. The van der Waals surface area contributed by atoms with Crippen LogP contribution in [0.15, 0.2) is 53.9 Å². The number of benzene rings is 2. The highest BCUT2D eigenvalue weighted by Gasteiger charge is 2.16. The Balaban J connectivity index is 1.70. The second-order valence-corrected chi connectivity index (χ2v) is 8.31. The van der Waals surface area contributed by atoms with Crippen LogP contribution in [0, 0.1) is 20.8 Å². The SMILES string of the molecule is CCCN(Cc1ccc(C)cc1)C(=O)CSc1nncn1-c1cc(C)ccc1C. The van der Waals surface area contributed by atoms with Gasteiger partial charge in [0.1, 0.15) is 6.33 Å². The molecule has 6 heteroatoms. The minimum Gasteiger partial charge on any atom is -0.338 e. The van der Waals surface area contributed by atoms with Gasteiger partial charge in [0.15, 0.2) is 5.16 Å². The summed E-state index contributed by atoms with van der Waals surface area (Å²) in [6.07, 6.45) is 2.64. The fourth-order valence-corrected chi connectivity index (χ4v) is 3.98. The summed E-state index contributed by atoms with van der Waals surface area (Å²) in [5.74, 6) is 0.461. The Hall–Kier alpha value is -2.60. The minimum absolute atomic E-state index is 0.118. The van der Waals surface area contributed by atoms with Crippen LogP contribution >= 0.6 is 11.8 Å². The molecule has 0 aliphatic heterocycles. The van der Waals surface area contributed by atoms with E-state index in [1.807, 2.05) is 9.47 Å². The zero-order chi connectivity index (χ0) is 20.8. The van der Waals surface area contributed by atoms with Crippen LogP contribution in [0.25, 0.3) is 5.69 Å². The van der Waals surface area contributed by atoms with Crippen LogP contribution in [0.1, 0.15) is 35.6 Å². The minimum atomic E-state index is 0.118. The van der Waals surface area contributed by atoms with E-state index < -0.39 is 0 Å². The zero-order valence-corrected chi connectivity index (χ0v) is 18.4. The molecule has 1 heterocycles. The number of hydrogen-bond donors (Lipinski definition) is 0. The van der Waals surface area contributed by atoms with Crippen molar-refractivity contribution in [3.8, 4) is 5.69 Å². The molecule has 152 valence electrons. The molecular weight excluding hydrogens is 380 g/mol. The molecule has 0 saturated carbocycles. The monoisotopic (exact) mass is 408 g/mol. The van der Waals surface area contributed by atoms with Crippen LogP contribution in [-0.4, -0.2) is 37.9 Å². The van der Waals surface area contributed by atoms with E-state index in [9.17, 15) is 4.79 Å². The maximum atomic E-state index is 12.9. The molecule has 2 aromatic carbocycles. The predicted molar refractivity (Wildman–Crippen MR) is 118 cm³/mol. The van der Waals surface area contributed by atoms with Gasteiger partial charge in [-0.25, -0.2) is 0 Å². The fourth-order valence-electron chi connectivity index (χ4n) is 3.16. The lowest BCUT2D eigenvalue weighted by molar-refractivity contribution is -0.129. The first kappa shape index (κ1) is 21.1. The van der Waals surface area contributed by atoms with Gasteiger partial charge in [-0.1, -0.05) is 60.6 Å². The highest BCUT2D eigenvalue weighted by atomic mass is 32.2. The quantitative estimate of drug-likeness (QED) is 0.506.